The second kappa shape index (κ2) is 8.63. The number of sulfonamides is 1. The van der Waals surface area contributed by atoms with Crippen LogP contribution in [0.25, 0.3) is 11.1 Å². The molecule has 3 aromatic rings. The molecule has 2 aromatic carbocycles. The first kappa shape index (κ1) is 22.7. The summed E-state index contributed by atoms with van der Waals surface area (Å²) in [6.45, 7) is 1.73. The number of hydrogen-bond acceptors (Lipinski definition) is 6. The van der Waals surface area contributed by atoms with Gasteiger partial charge in [0.2, 0.25) is 0 Å². The maximum absolute atomic E-state index is 13.5. The monoisotopic (exact) mass is 502 g/mol. The van der Waals surface area contributed by atoms with Crippen LogP contribution >= 0.6 is 11.6 Å². The summed E-state index contributed by atoms with van der Waals surface area (Å²) in [5.74, 6) is -0.251. The summed E-state index contributed by atoms with van der Waals surface area (Å²) in [6.07, 6.45) is 6.15. The lowest BCUT2D eigenvalue weighted by molar-refractivity contribution is 0.0692. The van der Waals surface area contributed by atoms with Gasteiger partial charge < -0.3 is 14.4 Å². The fourth-order valence-electron chi connectivity index (χ4n) is 3.97. The molecule has 10 heteroatoms. The van der Waals surface area contributed by atoms with Gasteiger partial charge in [0.05, 0.1) is 28.6 Å². The predicted molar refractivity (Wildman–Crippen MR) is 126 cm³/mol. The van der Waals surface area contributed by atoms with Crippen molar-refractivity contribution in [1.82, 2.24) is 5.16 Å². The molecule has 0 saturated heterocycles. The van der Waals surface area contributed by atoms with Gasteiger partial charge in [-0.25, -0.2) is 13.2 Å². The topological polar surface area (TPSA) is 119 Å². The van der Waals surface area contributed by atoms with Crippen molar-refractivity contribution < 1.29 is 27.6 Å². The zero-order valence-electron chi connectivity index (χ0n) is 18.4. The molecule has 178 valence electrons. The Hall–Kier alpha value is -3.04. The number of halogens is 1. The van der Waals surface area contributed by atoms with Gasteiger partial charge in [0.15, 0.2) is 0 Å². The smallest absolute Gasteiger partial charge is 0.337 e. The highest BCUT2D eigenvalue weighted by atomic mass is 35.5. The number of anilines is 1. The van der Waals surface area contributed by atoms with Gasteiger partial charge >= 0.3 is 5.97 Å². The van der Waals surface area contributed by atoms with Crippen LogP contribution in [0.1, 0.15) is 59.7 Å². The summed E-state index contributed by atoms with van der Waals surface area (Å²) in [4.78, 5) is 11.5. The van der Waals surface area contributed by atoms with Crippen molar-refractivity contribution in [1.29, 1.82) is 0 Å². The van der Waals surface area contributed by atoms with E-state index in [4.69, 9.17) is 20.9 Å². The number of carbonyl (C=O) groups is 1. The molecule has 2 N–H and O–H groups in total. The van der Waals surface area contributed by atoms with E-state index in [0.29, 0.717) is 21.9 Å². The Kier molecular flexibility index (Phi) is 5.77. The van der Waals surface area contributed by atoms with E-state index in [1.54, 1.807) is 25.1 Å². The van der Waals surface area contributed by atoms with Crippen LogP contribution in [0.3, 0.4) is 0 Å². The number of aromatic nitrogens is 1. The summed E-state index contributed by atoms with van der Waals surface area (Å²) >= 11 is 6.52. The number of aromatic carboxylic acids is 1. The number of hydrogen-bond donors (Lipinski definition) is 2. The Morgan fingerprint density at radius 3 is 2.53 bits per heavy atom. The molecule has 8 nitrogen and oxygen atoms in total. The fourth-order valence-corrected chi connectivity index (χ4v) is 5.52. The van der Waals surface area contributed by atoms with Crippen molar-refractivity contribution >= 4 is 33.3 Å². The van der Waals surface area contributed by atoms with Crippen LogP contribution in [-0.2, 0) is 10.0 Å². The number of carboxylic acid groups (broad SMARTS) is 1. The number of benzene rings is 2. The number of ether oxygens (including phenoxy) is 1. The molecule has 5 rings (SSSR count). The van der Waals surface area contributed by atoms with Gasteiger partial charge in [-0.2, -0.15) is 0 Å². The van der Waals surface area contributed by atoms with Crippen molar-refractivity contribution in [2.75, 3.05) is 4.72 Å². The van der Waals surface area contributed by atoms with Crippen LogP contribution in [-0.4, -0.2) is 30.8 Å². The Morgan fingerprint density at radius 1 is 1.18 bits per heavy atom. The number of nitrogens with zero attached hydrogens (tertiary/aromatic N) is 1. The quantitative estimate of drug-likeness (QED) is 0.410. The van der Waals surface area contributed by atoms with Crippen molar-refractivity contribution in [3.63, 3.8) is 0 Å². The Balaban J connectivity index is 1.59. The molecule has 0 aliphatic heterocycles. The molecule has 2 fully saturated rings. The minimum Gasteiger partial charge on any atom is -0.488 e. The third-order valence-electron chi connectivity index (χ3n) is 6.27. The third kappa shape index (κ3) is 4.37. The van der Waals surface area contributed by atoms with E-state index in [0.717, 1.165) is 37.7 Å². The van der Waals surface area contributed by atoms with Crippen LogP contribution in [0, 0.1) is 6.92 Å². The molecule has 0 radical (unpaired) electrons. The highest BCUT2D eigenvalue weighted by Crippen LogP contribution is 2.43. The van der Waals surface area contributed by atoms with Gasteiger partial charge in [0, 0.05) is 17.2 Å². The molecule has 1 aromatic heterocycles. The summed E-state index contributed by atoms with van der Waals surface area (Å²) in [6, 6.07) is 7.62. The molecule has 0 spiro atoms. The van der Waals surface area contributed by atoms with Crippen molar-refractivity contribution in [3.8, 4) is 16.9 Å². The van der Waals surface area contributed by atoms with Crippen LogP contribution < -0.4 is 9.46 Å². The number of carboxylic acids is 1. The average Bonchev–Trinajstić information content (AvgIpc) is 3.53. The van der Waals surface area contributed by atoms with E-state index in [2.05, 4.69) is 9.88 Å². The highest BCUT2D eigenvalue weighted by molar-refractivity contribution is 7.92. The standard InChI is InChI=1S/C24H23ClN2O6S/c1-13-19(12-26-33-13)18-10-21(22(11-20(18)25)32-16-3-2-4-16)27-34(30,31)23-9-15(14-5-6-14)7-8-17(23)24(28)29/h7-12,14,16,27H,2-6H2,1H3,(H,28,29). The Labute approximate surface area is 201 Å². The SMILES string of the molecule is Cc1oncc1-c1cc(NS(=O)(=O)c2cc(C3CC3)ccc2C(=O)O)c(OC2CCC2)cc1Cl. The molecule has 34 heavy (non-hydrogen) atoms. The minimum atomic E-state index is -4.27. The van der Waals surface area contributed by atoms with Crippen molar-refractivity contribution in [3.05, 3.63) is 58.4 Å². The molecule has 2 aliphatic rings. The van der Waals surface area contributed by atoms with Crippen LogP contribution in [0.5, 0.6) is 5.75 Å². The minimum absolute atomic E-state index is 0.0322. The van der Waals surface area contributed by atoms with Crippen LogP contribution in [0.2, 0.25) is 5.02 Å². The Bertz CT molecular complexity index is 1380. The van der Waals surface area contributed by atoms with Gasteiger partial charge in [-0.3, -0.25) is 4.72 Å². The van der Waals surface area contributed by atoms with E-state index in [1.165, 1.54) is 18.3 Å². The van der Waals surface area contributed by atoms with E-state index >= 15 is 0 Å². The molecule has 0 bridgehead atoms. The first-order valence-corrected chi connectivity index (χ1v) is 12.9. The average molecular weight is 503 g/mol. The third-order valence-corrected chi connectivity index (χ3v) is 7.99. The summed E-state index contributed by atoms with van der Waals surface area (Å²) in [5.41, 5.74) is 1.82. The molecule has 0 amide bonds. The first-order chi connectivity index (χ1) is 16.2. The zero-order chi connectivity index (χ0) is 24.0. The molecular formula is C24H23ClN2O6S. The van der Waals surface area contributed by atoms with Crippen molar-refractivity contribution in [2.24, 2.45) is 0 Å². The first-order valence-electron chi connectivity index (χ1n) is 11.0. The predicted octanol–water partition coefficient (Wildman–Crippen LogP) is 5.61. The van der Waals surface area contributed by atoms with E-state index in [-0.39, 0.29) is 33.9 Å². The fraction of sp³-hybridized carbons (Fsp3) is 0.333. The summed E-state index contributed by atoms with van der Waals surface area (Å²) < 4.78 is 40.7. The van der Waals surface area contributed by atoms with Gasteiger partial charge in [-0.15, -0.1) is 0 Å². The normalized spacial score (nSPS) is 16.2. The maximum atomic E-state index is 13.5. The van der Waals surface area contributed by atoms with Gasteiger partial charge in [-0.05, 0) is 68.7 Å². The maximum Gasteiger partial charge on any atom is 0.337 e. The highest BCUT2D eigenvalue weighted by Gasteiger charge is 2.30. The lowest BCUT2D eigenvalue weighted by Crippen LogP contribution is -2.25. The largest absolute Gasteiger partial charge is 0.488 e. The number of nitrogens with one attached hydrogen (secondary N) is 1. The Morgan fingerprint density at radius 2 is 1.94 bits per heavy atom. The van der Waals surface area contributed by atoms with E-state index < -0.39 is 16.0 Å². The second-order valence-corrected chi connectivity index (χ2v) is 10.8. The van der Waals surface area contributed by atoms with Crippen LogP contribution in [0.15, 0.2) is 45.9 Å². The zero-order valence-corrected chi connectivity index (χ0v) is 19.9. The lowest BCUT2D eigenvalue weighted by atomic mass is 9.96. The molecular weight excluding hydrogens is 480 g/mol. The molecule has 0 atom stereocenters. The van der Waals surface area contributed by atoms with E-state index in [9.17, 15) is 18.3 Å². The van der Waals surface area contributed by atoms with Crippen molar-refractivity contribution in [2.45, 2.75) is 55.9 Å². The van der Waals surface area contributed by atoms with E-state index in [1.807, 2.05) is 0 Å². The molecule has 2 aliphatic carbocycles. The van der Waals surface area contributed by atoms with Crippen LogP contribution in [0.4, 0.5) is 5.69 Å². The van der Waals surface area contributed by atoms with Gasteiger partial charge in [-0.1, -0.05) is 22.8 Å². The molecule has 2 saturated carbocycles. The van der Waals surface area contributed by atoms with Gasteiger partial charge in [0.25, 0.3) is 10.0 Å². The summed E-state index contributed by atoms with van der Waals surface area (Å²) in [7, 11) is -4.27. The summed E-state index contributed by atoms with van der Waals surface area (Å²) in [5, 5.41) is 13.8. The number of rotatable bonds is 8. The second-order valence-electron chi connectivity index (χ2n) is 8.74. The number of aryl methyl sites for hydroxylation is 1. The lowest BCUT2D eigenvalue weighted by Gasteiger charge is -2.28. The van der Waals surface area contributed by atoms with Gasteiger partial charge in [0.1, 0.15) is 16.4 Å². The molecule has 0 unspecified atom stereocenters. The molecule has 1 heterocycles.